The first kappa shape index (κ1) is 21.6. The van der Waals surface area contributed by atoms with E-state index in [1.165, 1.54) is 21.1 Å². The van der Waals surface area contributed by atoms with E-state index in [4.69, 9.17) is 11.6 Å². The summed E-state index contributed by atoms with van der Waals surface area (Å²) < 4.78 is 0. The summed E-state index contributed by atoms with van der Waals surface area (Å²) in [5, 5.41) is 18.7. The van der Waals surface area contributed by atoms with Crippen LogP contribution in [0.3, 0.4) is 0 Å². The first-order valence-corrected chi connectivity index (χ1v) is 12.2. The van der Waals surface area contributed by atoms with Crippen molar-refractivity contribution >= 4 is 67.6 Å². The third-order valence-electron chi connectivity index (χ3n) is 4.95. The molecular weight excluding hydrogens is 472 g/mol. The third kappa shape index (κ3) is 4.93. The summed E-state index contributed by atoms with van der Waals surface area (Å²) in [5.74, 6) is 0. The van der Waals surface area contributed by atoms with Gasteiger partial charge < -0.3 is 5.32 Å². The minimum absolute atomic E-state index is 0.664. The smallest absolute Gasteiger partial charge is 0.205 e. The number of nitrogens with one attached hydrogen (secondary N) is 2. The number of azo groups is 1. The average Bonchev–Trinajstić information content (AvgIpc) is 3.19. The molecule has 1 aromatic heterocycles. The number of hydrogen-bond donors (Lipinski definition) is 2. The molecule has 0 saturated heterocycles. The van der Waals surface area contributed by atoms with E-state index in [0.29, 0.717) is 10.2 Å². The lowest BCUT2D eigenvalue weighted by atomic mass is 10.1. The molecule has 0 bridgehead atoms. The molecule has 0 saturated carbocycles. The molecule has 33 heavy (non-hydrogen) atoms. The second-order valence-electron chi connectivity index (χ2n) is 7.33. The number of hydrazone groups is 1. The van der Waals surface area contributed by atoms with Crippen molar-refractivity contribution in [2.75, 3.05) is 10.7 Å². The number of hydrogen-bond acceptors (Lipinski definition) is 8. The molecule has 3 aromatic carbocycles. The van der Waals surface area contributed by atoms with Crippen LogP contribution in [0.5, 0.6) is 0 Å². The van der Waals surface area contributed by atoms with Crippen LogP contribution in [0.25, 0.3) is 0 Å². The van der Waals surface area contributed by atoms with Crippen LogP contribution in [0, 0.1) is 6.92 Å². The third-order valence-corrected chi connectivity index (χ3v) is 7.30. The Hall–Kier alpha value is -3.20. The van der Waals surface area contributed by atoms with E-state index < -0.39 is 0 Å². The molecule has 1 aliphatic heterocycles. The molecule has 164 valence electrons. The van der Waals surface area contributed by atoms with Crippen molar-refractivity contribution in [3.63, 3.8) is 0 Å². The molecule has 0 fully saturated rings. The second kappa shape index (κ2) is 9.35. The zero-order valence-corrected chi connectivity index (χ0v) is 20.2. The van der Waals surface area contributed by atoms with E-state index in [0.717, 1.165) is 39.0 Å². The monoisotopic (exact) mass is 490 g/mol. The van der Waals surface area contributed by atoms with Crippen molar-refractivity contribution < 1.29 is 0 Å². The predicted octanol–water partition coefficient (Wildman–Crippen LogP) is 8.56. The van der Waals surface area contributed by atoms with Gasteiger partial charge in [-0.25, -0.2) is 4.98 Å². The van der Waals surface area contributed by atoms with Crippen molar-refractivity contribution in [1.82, 2.24) is 4.98 Å². The maximum Gasteiger partial charge on any atom is 0.205 e. The molecule has 4 aromatic rings. The van der Waals surface area contributed by atoms with Gasteiger partial charge in [-0.3, -0.25) is 5.43 Å². The fraction of sp³-hybridized carbons (Fsp3) is 0.0833. The van der Waals surface area contributed by atoms with Crippen LogP contribution in [0.15, 0.2) is 91.9 Å². The van der Waals surface area contributed by atoms with Gasteiger partial charge in [0, 0.05) is 14.8 Å². The highest BCUT2D eigenvalue weighted by Gasteiger charge is 2.16. The van der Waals surface area contributed by atoms with Gasteiger partial charge in [0.1, 0.15) is 0 Å². The van der Waals surface area contributed by atoms with Crippen LogP contribution in [-0.2, 0) is 0 Å². The lowest BCUT2D eigenvalue weighted by molar-refractivity contribution is 1.18. The maximum absolute atomic E-state index is 5.91. The number of rotatable bonds is 5. The molecule has 2 N–H and O–H groups in total. The topological polar surface area (TPSA) is 74.0 Å². The van der Waals surface area contributed by atoms with Crippen molar-refractivity contribution in [2.24, 2.45) is 15.3 Å². The standard InChI is InChI=1S/C24H19ClN6S2/c1-14(16-7-12-22-20(13-16)27-19-5-3-4-6-21(19)32-22)28-31-24-26-15(2)23(33-24)30-29-18-10-8-17(25)9-11-18/h3-13,27H,1-2H3,(H,26,31). The predicted molar refractivity (Wildman–Crippen MR) is 139 cm³/mol. The Morgan fingerprint density at radius 1 is 0.970 bits per heavy atom. The average molecular weight is 491 g/mol. The summed E-state index contributed by atoms with van der Waals surface area (Å²) in [6.07, 6.45) is 0. The number of thiazole rings is 1. The Labute approximate surface area is 204 Å². The number of halogens is 1. The van der Waals surface area contributed by atoms with Crippen LogP contribution >= 0.6 is 34.7 Å². The minimum atomic E-state index is 0.664. The lowest BCUT2D eigenvalue weighted by Gasteiger charge is -2.21. The Morgan fingerprint density at radius 3 is 2.61 bits per heavy atom. The Balaban J connectivity index is 1.29. The number of nitrogens with zero attached hydrogens (tertiary/aromatic N) is 4. The highest BCUT2D eigenvalue weighted by molar-refractivity contribution is 7.99. The highest BCUT2D eigenvalue weighted by Crippen LogP contribution is 2.44. The van der Waals surface area contributed by atoms with Gasteiger partial charge in [-0.05, 0) is 67.9 Å². The van der Waals surface area contributed by atoms with Crippen molar-refractivity contribution in [2.45, 2.75) is 23.6 Å². The van der Waals surface area contributed by atoms with Gasteiger partial charge in [0.25, 0.3) is 0 Å². The largest absolute Gasteiger partial charge is 0.354 e. The zero-order valence-electron chi connectivity index (χ0n) is 17.8. The number of aryl methyl sites for hydroxylation is 1. The van der Waals surface area contributed by atoms with Crippen LogP contribution in [0.1, 0.15) is 18.2 Å². The van der Waals surface area contributed by atoms with Gasteiger partial charge in [0.2, 0.25) is 5.13 Å². The van der Waals surface area contributed by atoms with Gasteiger partial charge in [0.15, 0.2) is 5.00 Å². The molecule has 0 radical (unpaired) electrons. The van der Waals surface area contributed by atoms with Gasteiger partial charge in [-0.15, -0.1) is 10.2 Å². The number of fused-ring (bicyclic) bond motifs is 2. The summed E-state index contributed by atoms with van der Waals surface area (Å²) in [6, 6.07) is 21.9. The van der Waals surface area contributed by atoms with Crippen molar-refractivity contribution in [3.05, 3.63) is 83.0 Å². The normalized spacial score (nSPS) is 12.9. The molecule has 0 aliphatic carbocycles. The van der Waals surface area contributed by atoms with Crippen molar-refractivity contribution in [3.8, 4) is 0 Å². The van der Waals surface area contributed by atoms with Crippen LogP contribution in [-0.4, -0.2) is 10.7 Å². The SMILES string of the molecule is CC(=NNc1nc(C)c(N=Nc2ccc(Cl)cc2)s1)c1ccc2c(c1)Nc1ccccc1S2. The van der Waals surface area contributed by atoms with E-state index >= 15 is 0 Å². The minimum Gasteiger partial charge on any atom is -0.354 e. The molecule has 5 rings (SSSR count). The maximum atomic E-state index is 5.91. The first-order chi connectivity index (χ1) is 16.0. The number of para-hydroxylation sites is 1. The highest BCUT2D eigenvalue weighted by atomic mass is 35.5. The second-order valence-corrected chi connectivity index (χ2v) is 9.83. The first-order valence-electron chi connectivity index (χ1n) is 10.2. The number of anilines is 3. The molecular formula is C24H19ClN6S2. The van der Waals surface area contributed by atoms with Gasteiger partial charge in [-0.1, -0.05) is 52.9 Å². The molecule has 9 heteroatoms. The van der Waals surface area contributed by atoms with Gasteiger partial charge in [-0.2, -0.15) is 5.10 Å². The summed E-state index contributed by atoms with van der Waals surface area (Å²) in [5.41, 5.74) is 8.68. The Kier molecular flexibility index (Phi) is 6.13. The fourth-order valence-corrected chi connectivity index (χ4v) is 5.03. The molecule has 0 atom stereocenters. The summed E-state index contributed by atoms with van der Waals surface area (Å²) in [6.45, 7) is 3.87. The van der Waals surface area contributed by atoms with E-state index in [1.54, 1.807) is 23.9 Å². The van der Waals surface area contributed by atoms with Gasteiger partial charge >= 0.3 is 0 Å². The quantitative estimate of drug-likeness (QED) is 0.147. The fourth-order valence-electron chi connectivity index (χ4n) is 3.20. The van der Waals surface area contributed by atoms with Crippen LogP contribution in [0.2, 0.25) is 5.02 Å². The summed E-state index contributed by atoms with van der Waals surface area (Å²) in [7, 11) is 0. The molecule has 0 amide bonds. The van der Waals surface area contributed by atoms with E-state index in [2.05, 4.69) is 67.5 Å². The molecule has 6 nitrogen and oxygen atoms in total. The van der Waals surface area contributed by atoms with E-state index in [9.17, 15) is 0 Å². The zero-order chi connectivity index (χ0) is 22.8. The van der Waals surface area contributed by atoms with E-state index in [-0.39, 0.29) is 0 Å². The van der Waals surface area contributed by atoms with Crippen molar-refractivity contribution in [1.29, 1.82) is 0 Å². The Bertz CT molecular complexity index is 1380. The molecule has 1 aliphatic rings. The summed E-state index contributed by atoms with van der Waals surface area (Å²) in [4.78, 5) is 6.94. The van der Waals surface area contributed by atoms with Crippen LogP contribution in [0.4, 0.5) is 27.2 Å². The van der Waals surface area contributed by atoms with E-state index in [1.807, 2.05) is 32.0 Å². The molecule has 0 spiro atoms. The Morgan fingerprint density at radius 2 is 1.76 bits per heavy atom. The van der Waals surface area contributed by atoms with Crippen LogP contribution < -0.4 is 10.7 Å². The molecule has 0 unspecified atom stereocenters. The lowest BCUT2D eigenvalue weighted by Crippen LogP contribution is -2.04. The number of benzene rings is 3. The molecule has 2 heterocycles. The number of aromatic nitrogens is 1. The summed E-state index contributed by atoms with van der Waals surface area (Å²) >= 11 is 9.08. The van der Waals surface area contributed by atoms with Gasteiger partial charge in [0.05, 0.1) is 28.5 Å².